The van der Waals surface area contributed by atoms with Crippen LogP contribution in [0.4, 0.5) is 27.5 Å². The molecule has 10 nitrogen and oxygen atoms in total. The lowest BCUT2D eigenvalue weighted by molar-refractivity contribution is -0.133. The summed E-state index contributed by atoms with van der Waals surface area (Å²) < 4.78 is 18.5. The summed E-state index contributed by atoms with van der Waals surface area (Å²) in [6.07, 6.45) is 2.26. The van der Waals surface area contributed by atoms with Crippen LogP contribution < -0.4 is 16.8 Å². The monoisotopic (exact) mass is 477 g/mol. The van der Waals surface area contributed by atoms with Crippen LogP contribution in [-0.2, 0) is 24.8 Å². The van der Waals surface area contributed by atoms with Crippen molar-refractivity contribution in [2.45, 2.75) is 39.8 Å². The van der Waals surface area contributed by atoms with Crippen molar-refractivity contribution in [1.82, 2.24) is 29.4 Å². The van der Waals surface area contributed by atoms with Crippen LogP contribution in [0.15, 0.2) is 24.4 Å². The van der Waals surface area contributed by atoms with Crippen LogP contribution in [0.1, 0.15) is 25.1 Å². The molecule has 1 amide bonds. The van der Waals surface area contributed by atoms with Gasteiger partial charge in [0.25, 0.3) is 0 Å². The number of rotatable bonds is 4. The van der Waals surface area contributed by atoms with Crippen molar-refractivity contribution in [3.8, 4) is 11.3 Å². The van der Waals surface area contributed by atoms with E-state index in [0.29, 0.717) is 51.6 Å². The Morgan fingerprint density at radius 2 is 1.91 bits per heavy atom. The zero-order chi connectivity index (χ0) is 25.0. The number of hydrogen-bond acceptors (Lipinski definition) is 7. The molecule has 0 unspecified atom stereocenters. The molecule has 0 fully saturated rings. The molecule has 3 aromatic heterocycles. The van der Waals surface area contributed by atoms with Gasteiger partial charge in [0.1, 0.15) is 18.2 Å². The van der Waals surface area contributed by atoms with Crippen LogP contribution in [-0.4, -0.2) is 47.9 Å². The van der Waals surface area contributed by atoms with Gasteiger partial charge in [-0.2, -0.15) is 10.2 Å². The molecule has 11 heteroatoms. The van der Waals surface area contributed by atoms with Crippen LogP contribution in [0.3, 0.4) is 0 Å². The number of anilines is 4. The molecule has 182 valence electrons. The summed E-state index contributed by atoms with van der Waals surface area (Å²) >= 11 is 0. The third-order valence-corrected chi connectivity index (χ3v) is 6.53. The molecule has 0 bridgehead atoms. The van der Waals surface area contributed by atoms with Crippen molar-refractivity contribution < 1.29 is 9.18 Å². The number of aryl methyl sites for hydroxylation is 1. The molecule has 0 saturated carbocycles. The highest BCUT2D eigenvalue weighted by molar-refractivity contribution is 5.98. The van der Waals surface area contributed by atoms with Gasteiger partial charge in [-0.15, -0.1) is 0 Å². The average Bonchev–Trinajstić information content (AvgIpc) is 3.23. The number of pyridine rings is 1. The number of nitrogen functional groups attached to an aromatic ring is 2. The summed E-state index contributed by atoms with van der Waals surface area (Å²) in [6, 6.07) is 5.59. The van der Waals surface area contributed by atoms with Crippen molar-refractivity contribution in [1.29, 1.82) is 0 Å². The van der Waals surface area contributed by atoms with Crippen LogP contribution in [0.2, 0.25) is 0 Å². The smallest absolute Gasteiger partial charge is 0.244 e. The van der Waals surface area contributed by atoms with Gasteiger partial charge in [-0.25, -0.2) is 9.37 Å². The first-order chi connectivity index (χ1) is 16.6. The Morgan fingerprint density at radius 3 is 2.60 bits per heavy atom. The van der Waals surface area contributed by atoms with Gasteiger partial charge < -0.3 is 21.7 Å². The summed E-state index contributed by atoms with van der Waals surface area (Å²) in [7, 11) is 1.71. The van der Waals surface area contributed by atoms with E-state index < -0.39 is 5.82 Å². The van der Waals surface area contributed by atoms with E-state index in [0.717, 1.165) is 12.1 Å². The van der Waals surface area contributed by atoms with Crippen molar-refractivity contribution in [2.75, 3.05) is 23.3 Å². The number of fused-ring (bicyclic) bond motifs is 2. The SMILES string of the molecule is Cc1c(N)nn(C)c1-c1cc2cc(Nc3cc4n(n3)CC(=O)N(C(C)C)CC4)ncc2c(N)c1F. The number of hydrogen-bond donors (Lipinski definition) is 3. The summed E-state index contributed by atoms with van der Waals surface area (Å²) in [6.45, 7) is 6.68. The topological polar surface area (TPSA) is 133 Å². The number of aromatic nitrogens is 5. The molecule has 35 heavy (non-hydrogen) atoms. The first-order valence-electron chi connectivity index (χ1n) is 11.4. The van der Waals surface area contributed by atoms with Gasteiger partial charge >= 0.3 is 0 Å². The lowest BCUT2D eigenvalue weighted by Crippen LogP contribution is -2.38. The maximum absolute atomic E-state index is 15.2. The molecular formula is C24H28FN9O. The van der Waals surface area contributed by atoms with E-state index >= 15 is 4.39 Å². The third-order valence-electron chi connectivity index (χ3n) is 6.53. The number of nitrogens with one attached hydrogen (secondary N) is 1. The van der Waals surface area contributed by atoms with E-state index in [1.54, 1.807) is 35.5 Å². The maximum atomic E-state index is 15.2. The minimum absolute atomic E-state index is 0.0117. The van der Waals surface area contributed by atoms with E-state index in [1.165, 1.54) is 6.20 Å². The lowest BCUT2D eigenvalue weighted by Gasteiger charge is -2.24. The number of nitrogens with two attached hydrogens (primary N) is 2. The fourth-order valence-electron chi connectivity index (χ4n) is 4.68. The van der Waals surface area contributed by atoms with Gasteiger partial charge in [0, 0.05) is 60.5 Å². The number of carbonyl (C=O) groups excluding carboxylic acids is 1. The molecule has 1 aromatic carbocycles. The van der Waals surface area contributed by atoms with Gasteiger partial charge in [0.15, 0.2) is 11.6 Å². The Balaban J connectivity index is 1.48. The molecule has 0 spiro atoms. The number of nitrogens with zero attached hydrogens (tertiary/aromatic N) is 6. The molecule has 0 saturated heterocycles. The van der Waals surface area contributed by atoms with Crippen LogP contribution in [0.5, 0.6) is 0 Å². The van der Waals surface area contributed by atoms with Gasteiger partial charge in [-0.3, -0.25) is 14.2 Å². The molecule has 0 atom stereocenters. The lowest BCUT2D eigenvalue weighted by atomic mass is 10.0. The minimum atomic E-state index is -0.538. The van der Waals surface area contributed by atoms with Crippen molar-refractivity contribution >= 4 is 39.8 Å². The summed E-state index contributed by atoms with van der Waals surface area (Å²) in [5.41, 5.74) is 14.6. The zero-order valence-electron chi connectivity index (χ0n) is 20.1. The van der Waals surface area contributed by atoms with E-state index in [1.807, 2.05) is 24.8 Å². The van der Waals surface area contributed by atoms with E-state index in [2.05, 4.69) is 20.5 Å². The second-order valence-corrected chi connectivity index (χ2v) is 9.16. The highest BCUT2D eigenvalue weighted by Gasteiger charge is 2.24. The Morgan fingerprint density at radius 1 is 1.14 bits per heavy atom. The number of benzene rings is 1. The zero-order valence-corrected chi connectivity index (χ0v) is 20.1. The predicted octanol–water partition coefficient (Wildman–Crippen LogP) is 2.98. The maximum Gasteiger partial charge on any atom is 0.244 e. The second kappa shape index (κ2) is 8.26. The Kier molecular flexibility index (Phi) is 5.34. The van der Waals surface area contributed by atoms with E-state index in [-0.39, 0.29) is 24.2 Å². The molecule has 1 aliphatic rings. The molecular weight excluding hydrogens is 449 g/mol. The van der Waals surface area contributed by atoms with Crippen molar-refractivity contribution in [2.24, 2.45) is 7.05 Å². The Bertz CT molecular complexity index is 1470. The molecule has 1 aliphatic heterocycles. The molecule has 0 aliphatic carbocycles. The fourth-order valence-corrected chi connectivity index (χ4v) is 4.68. The Labute approximate surface area is 201 Å². The average molecular weight is 478 g/mol. The summed E-state index contributed by atoms with van der Waals surface area (Å²) in [5, 5.41) is 13.2. The molecule has 4 heterocycles. The normalized spacial score (nSPS) is 14.0. The number of carbonyl (C=O) groups is 1. The van der Waals surface area contributed by atoms with Crippen LogP contribution in [0.25, 0.3) is 22.0 Å². The number of amides is 1. The second-order valence-electron chi connectivity index (χ2n) is 9.16. The quantitative estimate of drug-likeness (QED) is 0.385. The van der Waals surface area contributed by atoms with E-state index in [4.69, 9.17) is 11.5 Å². The summed E-state index contributed by atoms with van der Waals surface area (Å²) in [5.74, 6) is 0.965. The van der Waals surface area contributed by atoms with Crippen molar-refractivity contribution in [3.63, 3.8) is 0 Å². The molecule has 4 aromatic rings. The van der Waals surface area contributed by atoms with Gasteiger partial charge in [-0.1, -0.05) is 0 Å². The molecule has 0 radical (unpaired) electrons. The van der Waals surface area contributed by atoms with Gasteiger partial charge in [-0.05, 0) is 38.3 Å². The predicted molar refractivity (Wildman–Crippen MR) is 134 cm³/mol. The van der Waals surface area contributed by atoms with Crippen LogP contribution in [0, 0.1) is 12.7 Å². The molecule has 5 rings (SSSR count). The molecule has 5 N–H and O–H groups in total. The third kappa shape index (κ3) is 3.82. The van der Waals surface area contributed by atoms with Crippen LogP contribution >= 0.6 is 0 Å². The first-order valence-corrected chi connectivity index (χ1v) is 11.4. The van der Waals surface area contributed by atoms with Gasteiger partial charge in [0.2, 0.25) is 5.91 Å². The standard InChI is InChI=1S/C24H28FN9O/c1-12(2)33-6-5-15-9-19(30-34(15)11-20(33)35)29-18-8-14-7-16(21(25)22(26)17(14)10-28-18)23-13(3)24(27)31-32(23)4/h7-10,12H,5-6,11,26H2,1-4H3,(H2,27,31)(H,28,29,30). The fraction of sp³-hybridized carbons (Fsp3) is 0.333. The number of halogens is 1. The van der Waals surface area contributed by atoms with Crippen molar-refractivity contribution in [3.05, 3.63) is 41.5 Å². The largest absolute Gasteiger partial charge is 0.396 e. The minimum Gasteiger partial charge on any atom is -0.396 e. The van der Waals surface area contributed by atoms with E-state index in [9.17, 15) is 4.79 Å². The Hall–Kier alpha value is -4.15. The van der Waals surface area contributed by atoms with Gasteiger partial charge in [0.05, 0.1) is 11.4 Å². The highest BCUT2D eigenvalue weighted by atomic mass is 19.1. The summed E-state index contributed by atoms with van der Waals surface area (Å²) in [4.78, 5) is 18.8. The first kappa shape index (κ1) is 22.6. The highest BCUT2D eigenvalue weighted by Crippen LogP contribution is 2.36.